The molecule has 1 atom stereocenters. The predicted molar refractivity (Wildman–Crippen MR) is 61.9 cm³/mol. The van der Waals surface area contributed by atoms with Crippen molar-refractivity contribution in [1.29, 1.82) is 0 Å². The number of unbranched alkanes of at least 4 members (excludes halogenated alkanes) is 1. The van der Waals surface area contributed by atoms with Crippen LogP contribution >= 0.6 is 8.38 Å². The van der Waals surface area contributed by atoms with Crippen molar-refractivity contribution in [2.45, 2.75) is 19.8 Å². The molecule has 0 saturated carbocycles. The van der Waals surface area contributed by atoms with Crippen LogP contribution in [0, 0.1) is 0 Å². The fourth-order valence-electron chi connectivity index (χ4n) is 1.02. The maximum Gasteiger partial charge on any atom is 0.255 e. The summed E-state index contributed by atoms with van der Waals surface area (Å²) >= 11 is 0. The van der Waals surface area contributed by atoms with Crippen LogP contribution in [0.5, 0.6) is 5.75 Å². The summed E-state index contributed by atoms with van der Waals surface area (Å²) in [7, 11) is -1.50. The highest BCUT2D eigenvalue weighted by molar-refractivity contribution is 7.46. The Morgan fingerprint density at radius 3 is 2.67 bits per heavy atom. The van der Waals surface area contributed by atoms with Crippen molar-refractivity contribution in [2.24, 2.45) is 0 Å². The first-order valence-electron chi connectivity index (χ1n) is 5.10. The van der Waals surface area contributed by atoms with Gasteiger partial charge in [0.05, 0.1) is 0 Å². The van der Waals surface area contributed by atoms with Gasteiger partial charge in [0.25, 0.3) is 8.38 Å². The molecule has 15 heavy (non-hydrogen) atoms. The van der Waals surface area contributed by atoms with Gasteiger partial charge < -0.3 is 14.2 Å². The van der Waals surface area contributed by atoms with Gasteiger partial charge in [0, 0.05) is 6.61 Å². The third kappa shape index (κ3) is 5.73. The molecule has 0 bridgehead atoms. The lowest BCUT2D eigenvalue weighted by Gasteiger charge is -2.11. The van der Waals surface area contributed by atoms with Crippen LogP contribution < -0.4 is 4.52 Å². The minimum absolute atomic E-state index is 0.282. The number of hydrogen-bond donors (Lipinski definition) is 1. The fraction of sp³-hybridized carbons (Fsp3) is 0.455. The molecule has 4 heteroatoms. The quantitative estimate of drug-likeness (QED) is 0.575. The maximum absolute atomic E-state index is 9.52. The summed E-state index contributed by atoms with van der Waals surface area (Å²) in [6, 6.07) is 9.28. The molecular formula is C11H17O3P. The first-order valence-corrected chi connectivity index (χ1v) is 6.50. The molecule has 0 aliphatic rings. The van der Waals surface area contributed by atoms with E-state index in [2.05, 4.69) is 6.92 Å². The van der Waals surface area contributed by atoms with Gasteiger partial charge in [0.1, 0.15) is 12.1 Å². The van der Waals surface area contributed by atoms with Crippen molar-refractivity contribution < 1.29 is 14.2 Å². The molecule has 0 saturated heterocycles. The van der Waals surface area contributed by atoms with E-state index in [0.717, 1.165) is 12.8 Å². The smallest absolute Gasteiger partial charge is 0.255 e. The van der Waals surface area contributed by atoms with Gasteiger partial charge in [-0.1, -0.05) is 31.5 Å². The van der Waals surface area contributed by atoms with E-state index in [1.54, 1.807) is 0 Å². The molecule has 0 fully saturated rings. The van der Waals surface area contributed by atoms with Gasteiger partial charge in [-0.2, -0.15) is 0 Å². The fourth-order valence-corrected chi connectivity index (χ4v) is 1.72. The number of para-hydroxylation sites is 1. The number of ether oxygens (including phenoxy) is 1. The van der Waals surface area contributed by atoms with E-state index >= 15 is 0 Å². The van der Waals surface area contributed by atoms with Gasteiger partial charge >= 0.3 is 0 Å². The van der Waals surface area contributed by atoms with Crippen LogP contribution in [0.2, 0.25) is 0 Å². The number of hydrogen-bond acceptors (Lipinski definition) is 3. The Hall–Kier alpha value is -0.630. The van der Waals surface area contributed by atoms with Crippen LogP contribution in [0.1, 0.15) is 19.8 Å². The highest BCUT2D eigenvalue weighted by Gasteiger charge is 2.06. The summed E-state index contributed by atoms with van der Waals surface area (Å²) < 4.78 is 10.6. The number of benzene rings is 1. The maximum atomic E-state index is 9.52. The average molecular weight is 228 g/mol. The van der Waals surface area contributed by atoms with Crippen LogP contribution in [-0.4, -0.2) is 17.8 Å². The van der Waals surface area contributed by atoms with Gasteiger partial charge in [-0.3, -0.25) is 0 Å². The van der Waals surface area contributed by atoms with Gasteiger partial charge in [-0.05, 0) is 18.6 Å². The zero-order chi connectivity index (χ0) is 10.9. The van der Waals surface area contributed by atoms with E-state index in [4.69, 9.17) is 9.26 Å². The van der Waals surface area contributed by atoms with Crippen molar-refractivity contribution in [1.82, 2.24) is 0 Å². The van der Waals surface area contributed by atoms with Crippen LogP contribution in [0.25, 0.3) is 0 Å². The summed E-state index contributed by atoms with van der Waals surface area (Å²) in [5, 5.41) is 0. The third-order valence-corrected chi connectivity index (χ3v) is 2.62. The van der Waals surface area contributed by atoms with Crippen molar-refractivity contribution in [3.63, 3.8) is 0 Å². The highest BCUT2D eigenvalue weighted by Crippen LogP contribution is 2.33. The topological polar surface area (TPSA) is 38.7 Å². The second kappa shape index (κ2) is 7.63. The molecule has 0 aliphatic carbocycles. The van der Waals surface area contributed by atoms with E-state index in [1.165, 1.54) is 0 Å². The average Bonchev–Trinajstić information content (AvgIpc) is 2.26. The summed E-state index contributed by atoms with van der Waals surface area (Å²) in [4.78, 5) is 9.52. The van der Waals surface area contributed by atoms with Gasteiger partial charge in [0.2, 0.25) is 0 Å². The van der Waals surface area contributed by atoms with E-state index in [9.17, 15) is 4.89 Å². The Balaban J connectivity index is 2.16. The lowest BCUT2D eigenvalue weighted by atomic mass is 10.3. The SMILES string of the molecule is CCCCOCP(O)Oc1ccccc1. The van der Waals surface area contributed by atoms with Crippen molar-refractivity contribution in [3.8, 4) is 5.75 Å². The normalized spacial score (nSPS) is 12.4. The van der Waals surface area contributed by atoms with E-state index < -0.39 is 8.38 Å². The molecule has 1 rings (SSSR count). The minimum atomic E-state index is -1.50. The summed E-state index contributed by atoms with van der Waals surface area (Å²) in [6.45, 7) is 2.79. The molecule has 0 aromatic heterocycles. The predicted octanol–water partition coefficient (Wildman–Crippen LogP) is 3.14. The first kappa shape index (κ1) is 12.4. The molecule has 1 aromatic rings. The van der Waals surface area contributed by atoms with Crippen LogP contribution in [0.4, 0.5) is 0 Å². The Morgan fingerprint density at radius 1 is 1.27 bits per heavy atom. The molecule has 1 N–H and O–H groups in total. The van der Waals surface area contributed by atoms with E-state index in [1.807, 2.05) is 30.3 Å². The lowest BCUT2D eigenvalue weighted by Crippen LogP contribution is -1.98. The Morgan fingerprint density at radius 2 is 2.00 bits per heavy atom. The second-order valence-electron chi connectivity index (χ2n) is 3.15. The summed E-state index contributed by atoms with van der Waals surface area (Å²) in [6.07, 6.45) is 2.40. The molecule has 0 aliphatic heterocycles. The molecule has 0 spiro atoms. The van der Waals surface area contributed by atoms with Crippen LogP contribution in [0.3, 0.4) is 0 Å². The molecule has 0 heterocycles. The summed E-state index contributed by atoms with van der Waals surface area (Å²) in [5.41, 5.74) is 0. The van der Waals surface area contributed by atoms with Crippen LogP contribution in [-0.2, 0) is 4.74 Å². The van der Waals surface area contributed by atoms with Crippen molar-refractivity contribution in [3.05, 3.63) is 30.3 Å². The largest absolute Gasteiger partial charge is 0.446 e. The Bertz CT molecular complexity index is 253. The third-order valence-electron chi connectivity index (χ3n) is 1.80. The molecule has 0 amide bonds. The molecule has 3 nitrogen and oxygen atoms in total. The van der Waals surface area contributed by atoms with E-state index in [-0.39, 0.29) is 6.35 Å². The van der Waals surface area contributed by atoms with Gasteiger partial charge in [0.15, 0.2) is 0 Å². The molecule has 0 radical (unpaired) electrons. The minimum Gasteiger partial charge on any atom is -0.446 e. The van der Waals surface area contributed by atoms with Gasteiger partial charge in [-0.15, -0.1) is 0 Å². The lowest BCUT2D eigenvalue weighted by molar-refractivity contribution is 0.165. The highest BCUT2D eigenvalue weighted by atomic mass is 31.2. The van der Waals surface area contributed by atoms with Crippen molar-refractivity contribution in [2.75, 3.05) is 13.0 Å². The number of rotatable bonds is 7. The molecule has 1 unspecified atom stereocenters. The van der Waals surface area contributed by atoms with Gasteiger partial charge in [-0.25, -0.2) is 0 Å². The Kier molecular flexibility index (Phi) is 6.33. The van der Waals surface area contributed by atoms with Crippen LogP contribution in [0.15, 0.2) is 30.3 Å². The molecule has 1 aromatic carbocycles. The Labute approximate surface area is 92.0 Å². The zero-order valence-electron chi connectivity index (χ0n) is 8.93. The standard InChI is InChI=1S/C11H17O3P/c1-2-3-9-13-10-15(12)14-11-7-5-4-6-8-11/h4-8,12H,2-3,9-10H2,1H3. The second-order valence-corrected chi connectivity index (χ2v) is 4.29. The first-order chi connectivity index (χ1) is 7.33. The zero-order valence-corrected chi connectivity index (χ0v) is 9.82. The summed E-state index contributed by atoms with van der Waals surface area (Å²) in [5.74, 6) is 0.685. The monoisotopic (exact) mass is 228 g/mol. The van der Waals surface area contributed by atoms with Crippen molar-refractivity contribution >= 4 is 8.38 Å². The molecule has 84 valence electrons. The molecular weight excluding hydrogens is 211 g/mol. The van der Waals surface area contributed by atoms with E-state index in [0.29, 0.717) is 12.4 Å².